The summed E-state index contributed by atoms with van der Waals surface area (Å²) in [6.07, 6.45) is 6.79. The lowest BCUT2D eigenvalue weighted by Crippen LogP contribution is -2.47. The van der Waals surface area contributed by atoms with E-state index < -0.39 is 0 Å². The number of hydrogen-bond donors (Lipinski definition) is 1. The molecule has 2 fully saturated rings. The molecule has 1 heterocycles. The van der Waals surface area contributed by atoms with Crippen LogP contribution in [0, 0.1) is 0 Å². The van der Waals surface area contributed by atoms with Gasteiger partial charge in [-0.25, -0.2) is 4.79 Å². The van der Waals surface area contributed by atoms with Crippen LogP contribution in [0.2, 0.25) is 5.02 Å². The fraction of sp³-hybridized carbons (Fsp3) is 0.556. The molecule has 0 spiro atoms. The fourth-order valence-electron chi connectivity index (χ4n) is 3.50. The normalized spacial score (nSPS) is 25.6. The predicted octanol–water partition coefficient (Wildman–Crippen LogP) is 5.37. The van der Waals surface area contributed by atoms with Gasteiger partial charge in [-0.15, -0.1) is 0 Å². The molecule has 1 N–H and O–H groups in total. The zero-order valence-electron chi connectivity index (χ0n) is 13.8. The van der Waals surface area contributed by atoms with Crippen LogP contribution in [0.4, 0.5) is 9.59 Å². The Morgan fingerprint density at radius 3 is 2.42 bits per heavy atom. The molecule has 1 aromatic rings. The van der Waals surface area contributed by atoms with Crippen LogP contribution in [-0.4, -0.2) is 28.3 Å². The Morgan fingerprint density at radius 1 is 1.17 bits per heavy atom. The molecule has 1 aliphatic carbocycles. The number of nitrogens with one attached hydrogen (secondary N) is 1. The number of rotatable bonds is 2. The van der Waals surface area contributed by atoms with Crippen molar-refractivity contribution < 1.29 is 9.59 Å². The molecule has 130 valence electrons. The SMILES string of the molecule is CC1C(c2ccc(Cl)cc2)SC(=O)N1C(=O)NC1CCCCCC1. The van der Waals surface area contributed by atoms with Gasteiger partial charge in [-0.05, 0) is 37.5 Å². The summed E-state index contributed by atoms with van der Waals surface area (Å²) >= 11 is 7.15. The first-order chi connectivity index (χ1) is 11.6. The lowest BCUT2D eigenvalue weighted by atomic mass is 10.1. The Balaban J connectivity index is 1.67. The molecule has 3 rings (SSSR count). The van der Waals surface area contributed by atoms with E-state index in [0.717, 1.165) is 31.2 Å². The molecule has 4 nitrogen and oxygen atoms in total. The van der Waals surface area contributed by atoms with E-state index in [2.05, 4.69) is 5.32 Å². The summed E-state index contributed by atoms with van der Waals surface area (Å²) < 4.78 is 0. The molecular formula is C18H23ClN2O2S. The zero-order chi connectivity index (χ0) is 17.1. The first-order valence-corrected chi connectivity index (χ1v) is 9.88. The molecule has 1 aliphatic heterocycles. The van der Waals surface area contributed by atoms with Crippen molar-refractivity contribution in [3.05, 3.63) is 34.9 Å². The van der Waals surface area contributed by atoms with E-state index >= 15 is 0 Å². The standard InChI is InChI=1S/C18H23ClN2O2S/c1-12-16(13-8-10-14(19)11-9-13)24-18(23)21(12)17(22)20-15-6-4-2-3-5-7-15/h8-12,15-16H,2-7H2,1H3,(H,20,22). The second-order valence-electron chi connectivity index (χ2n) is 6.60. The number of nitrogens with zero attached hydrogens (tertiary/aromatic N) is 1. The number of hydrogen-bond acceptors (Lipinski definition) is 3. The van der Waals surface area contributed by atoms with E-state index in [9.17, 15) is 9.59 Å². The lowest BCUT2D eigenvalue weighted by Gasteiger charge is -2.25. The first kappa shape index (κ1) is 17.6. The Bertz CT molecular complexity index is 600. The van der Waals surface area contributed by atoms with Gasteiger partial charge in [0.05, 0.1) is 11.3 Å². The van der Waals surface area contributed by atoms with Gasteiger partial charge in [-0.1, -0.05) is 61.2 Å². The number of imide groups is 1. The lowest BCUT2D eigenvalue weighted by molar-refractivity contribution is 0.186. The molecule has 0 aromatic heterocycles. The Hall–Kier alpha value is -1.20. The highest BCUT2D eigenvalue weighted by atomic mass is 35.5. The van der Waals surface area contributed by atoms with Gasteiger partial charge < -0.3 is 5.32 Å². The minimum atomic E-state index is -0.247. The topological polar surface area (TPSA) is 49.4 Å². The monoisotopic (exact) mass is 366 g/mol. The van der Waals surface area contributed by atoms with Gasteiger partial charge in [0, 0.05) is 11.1 Å². The minimum Gasteiger partial charge on any atom is -0.335 e. The van der Waals surface area contributed by atoms with Crippen LogP contribution in [0.15, 0.2) is 24.3 Å². The van der Waals surface area contributed by atoms with Gasteiger partial charge in [-0.3, -0.25) is 9.69 Å². The van der Waals surface area contributed by atoms with E-state index in [-0.39, 0.29) is 28.6 Å². The first-order valence-electron chi connectivity index (χ1n) is 8.62. The Morgan fingerprint density at radius 2 is 1.79 bits per heavy atom. The maximum atomic E-state index is 12.6. The number of thioether (sulfide) groups is 1. The van der Waals surface area contributed by atoms with E-state index in [4.69, 9.17) is 11.6 Å². The van der Waals surface area contributed by atoms with Crippen molar-refractivity contribution in [3.63, 3.8) is 0 Å². The van der Waals surface area contributed by atoms with Crippen LogP contribution in [0.3, 0.4) is 0 Å². The molecule has 6 heteroatoms. The van der Waals surface area contributed by atoms with Crippen LogP contribution in [0.1, 0.15) is 56.3 Å². The third kappa shape index (κ3) is 3.89. The summed E-state index contributed by atoms with van der Waals surface area (Å²) in [5.41, 5.74) is 1.02. The number of carbonyl (C=O) groups is 2. The van der Waals surface area contributed by atoms with Crippen molar-refractivity contribution >= 4 is 34.6 Å². The molecule has 1 saturated carbocycles. The number of urea groups is 1. The molecule has 0 radical (unpaired) electrons. The average molecular weight is 367 g/mol. The largest absolute Gasteiger partial charge is 0.335 e. The molecule has 1 saturated heterocycles. The number of carbonyl (C=O) groups excluding carboxylic acids is 2. The Kier molecular flexibility index (Phi) is 5.72. The third-order valence-corrected chi connectivity index (χ3v) is 6.44. The van der Waals surface area contributed by atoms with Gasteiger partial charge in [0.15, 0.2) is 0 Å². The highest BCUT2D eigenvalue weighted by molar-refractivity contribution is 8.14. The number of halogens is 1. The molecule has 24 heavy (non-hydrogen) atoms. The number of amides is 3. The van der Waals surface area contributed by atoms with Crippen LogP contribution >= 0.6 is 23.4 Å². The smallest absolute Gasteiger partial charge is 0.325 e. The van der Waals surface area contributed by atoms with Gasteiger partial charge in [0.25, 0.3) is 5.24 Å². The third-order valence-electron chi connectivity index (χ3n) is 4.87. The quantitative estimate of drug-likeness (QED) is 0.715. The second kappa shape index (κ2) is 7.79. The van der Waals surface area contributed by atoms with Crippen molar-refractivity contribution in [2.75, 3.05) is 0 Å². The van der Waals surface area contributed by atoms with Gasteiger partial charge >= 0.3 is 6.03 Å². The summed E-state index contributed by atoms with van der Waals surface area (Å²) in [4.78, 5) is 26.4. The van der Waals surface area contributed by atoms with Crippen molar-refractivity contribution in [1.82, 2.24) is 10.2 Å². The van der Waals surface area contributed by atoms with Crippen molar-refractivity contribution in [3.8, 4) is 0 Å². The summed E-state index contributed by atoms with van der Waals surface area (Å²) in [5, 5.41) is 3.53. The van der Waals surface area contributed by atoms with Gasteiger partial charge in [-0.2, -0.15) is 0 Å². The zero-order valence-corrected chi connectivity index (χ0v) is 15.4. The maximum Gasteiger partial charge on any atom is 0.325 e. The van der Waals surface area contributed by atoms with Crippen LogP contribution < -0.4 is 5.32 Å². The maximum absolute atomic E-state index is 12.6. The van der Waals surface area contributed by atoms with Crippen LogP contribution in [0.25, 0.3) is 0 Å². The fourth-order valence-corrected chi connectivity index (χ4v) is 4.82. The van der Waals surface area contributed by atoms with E-state index in [1.165, 1.54) is 29.5 Å². The van der Waals surface area contributed by atoms with E-state index in [1.807, 2.05) is 31.2 Å². The number of benzene rings is 1. The summed E-state index contributed by atoms with van der Waals surface area (Å²) in [7, 11) is 0. The second-order valence-corrected chi connectivity index (χ2v) is 8.13. The van der Waals surface area contributed by atoms with Crippen LogP contribution in [0.5, 0.6) is 0 Å². The molecule has 1 aromatic carbocycles. The van der Waals surface area contributed by atoms with Gasteiger partial charge in [0.2, 0.25) is 0 Å². The average Bonchev–Trinajstić information content (AvgIpc) is 2.73. The summed E-state index contributed by atoms with van der Waals surface area (Å²) in [6.45, 7) is 1.93. The molecular weight excluding hydrogens is 344 g/mol. The molecule has 3 amide bonds. The predicted molar refractivity (Wildman–Crippen MR) is 98.5 cm³/mol. The molecule has 2 aliphatic rings. The van der Waals surface area contributed by atoms with Crippen molar-refractivity contribution in [1.29, 1.82) is 0 Å². The van der Waals surface area contributed by atoms with Crippen molar-refractivity contribution in [2.45, 2.75) is 62.8 Å². The highest BCUT2D eigenvalue weighted by Crippen LogP contribution is 2.43. The van der Waals surface area contributed by atoms with Crippen molar-refractivity contribution in [2.24, 2.45) is 0 Å². The van der Waals surface area contributed by atoms with E-state index in [0.29, 0.717) is 5.02 Å². The summed E-state index contributed by atoms with van der Waals surface area (Å²) in [5.74, 6) is 0. The van der Waals surface area contributed by atoms with Crippen LogP contribution in [-0.2, 0) is 0 Å². The summed E-state index contributed by atoms with van der Waals surface area (Å²) in [6, 6.07) is 7.27. The van der Waals surface area contributed by atoms with Gasteiger partial charge in [0.1, 0.15) is 0 Å². The minimum absolute atomic E-state index is 0.0466. The molecule has 0 bridgehead atoms. The Labute approximate surface area is 152 Å². The van der Waals surface area contributed by atoms with E-state index in [1.54, 1.807) is 0 Å². The highest BCUT2D eigenvalue weighted by Gasteiger charge is 2.42. The molecule has 2 unspecified atom stereocenters. The molecule has 2 atom stereocenters.